The molecule has 0 aromatic heterocycles. The molecule has 29 heavy (non-hydrogen) atoms. The Morgan fingerprint density at radius 2 is 2.14 bits per heavy atom. The van der Waals surface area contributed by atoms with Crippen molar-refractivity contribution in [3.8, 4) is 0 Å². The van der Waals surface area contributed by atoms with Crippen LogP contribution in [0.4, 0.5) is 4.39 Å². The van der Waals surface area contributed by atoms with E-state index in [4.69, 9.17) is 15.2 Å². The first-order valence-corrected chi connectivity index (χ1v) is 11.3. The maximum absolute atomic E-state index is 15.5. The zero-order valence-corrected chi connectivity index (χ0v) is 18.9. The summed E-state index contributed by atoms with van der Waals surface area (Å²) in [5, 5.41) is 2.54. The molecule has 2 heterocycles. The van der Waals surface area contributed by atoms with E-state index in [0.29, 0.717) is 6.61 Å². The number of alkyl halides is 1. The van der Waals surface area contributed by atoms with Crippen molar-refractivity contribution < 1.29 is 24.3 Å². The van der Waals surface area contributed by atoms with Gasteiger partial charge in [-0.25, -0.2) is 9.06 Å². The molecule has 0 bridgehead atoms. The number of rotatable bonds is 10. The molecular formula is C20H35FN3O4P. The minimum Gasteiger partial charge on any atom is -0.349 e. The third-order valence-corrected chi connectivity index (χ3v) is 6.79. The summed E-state index contributed by atoms with van der Waals surface area (Å²) in [4.78, 5) is 12.9. The first-order chi connectivity index (χ1) is 14.2. The first kappa shape index (κ1) is 22.6. The standard InChI is InChI=1S/C20H35FN3O4P/c1-8-9-12-26-29(24(13(2)3)14(4)5)28-19-15(6)27-20(18(19)21)23-11-10-17(25)22-16(23)7/h10-11,13-15,18-20H,7-9,12H2,1-6H3,(H,22,25)/t15-,18+,19?,20-,29?/m1/s1/i6D. The van der Waals surface area contributed by atoms with Crippen LogP contribution < -0.4 is 5.32 Å². The van der Waals surface area contributed by atoms with Crippen LogP contribution in [0.5, 0.6) is 0 Å². The molecule has 0 aromatic rings. The first-order valence-electron chi connectivity index (χ1n) is 10.8. The average Bonchev–Trinajstić information content (AvgIpc) is 2.97. The van der Waals surface area contributed by atoms with Gasteiger partial charge in [0.05, 0.1) is 12.7 Å². The molecule has 2 aliphatic heterocycles. The fraction of sp³-hybridized carbons (Fsp3) is 0.750. The van der Waals surface area contributed by atoms with Gasteiger partial charge < -0.3 is 24.0 Å². The molecule has 5 atom stereocenters. The predicted molar refractivity (Wildman–Crippen MR) is 112 cm³/mol. The molecule has 0 aromatic carbocycles. The van der Waals surface area contributed by atoms with E-state index in [2.05, 4.69) is 51.2 Å². The highest BCUT2D eigenvalue weighted by atomic mass is 31.2. The number of amides is 1. The van der Waals surface area contributed by atoms with Gasteiger partial charge in [-0.1, -0.05) is 19.9 Å². The molecule has 1 saturated heterocycles. The summed E-state index contributed by atoms with van der Waals surface area (Å²) in [5.74, 6) is -0.0983. The Kier molecular flexibility index (Phi) is 8.45. The summed E-state index contributed by atoms with van der Waals surface area (Å²) >= 11 is 0. The average molecular weight is 432 g/mol. The summed E-state index contributed by atoms with van der Waals surface area (Å²) in [5.41, 5.74) is 0. The molecule has 0 radical (unpaired) electrons. The topological polar surface area (TPSA) is 63.3 Å². The minimum atomic E-state index is -1.54. The van der Waals surface area contributed by atoms with E-state index in [1.54, 1.807) is 0 Å². The number of ether oxygens (including phenoxy) is 1. The molecule has 2 rings (SSSR count). The Hall–Kier alpha value is -1.05. The van der Waals surface area contributed by atoms with Crippen molar-refractivity contribution in [1.29, 1.82) is 0 Å². The molecule has 2 aliphatic rings. The van der Waals surface area contributed by atoms with Gasteiger partial charge in [0, 0.05) is 25.7 Å². The monoisotopic (exact) mass is 432 g/mol. The molecule has 1 amide bonds. The largest absolute Gasteiger partial charge is 0.349 e. The lowest BCUT2D eigenvalue weighted by molar-refractivity contribution is -0.117. The molecule has 0 saturated carbocycles. The number of nitrogens with zero attached hydrogens (tertiary/aromatic N) is 2. The van der Waals surface area contributed by atoms with Crippen LogP contribution in [0.3, 0.4) is 0 Å². The third kappa shape index (κ3) is 5.98. The van der Waals surface area contributed by atoms with Gasteiger partial charge >= 0.3 is 0 Å². The lowest BCUT2D eigenvalue weighted by Crippen LogP contribution is -2.45. The molecule has 0 aliphatic carbocycles. The van der Waals surface area contributed by atoms with Gasteiger partial charge in [0.1, 0.15) is 11.9 Å². The minimum absolute atomic E-state index is 0.142. The van der Waals surface area contributed by atoms with Gasteiger partial charge in [0.25, 0.3) is 14.4 Å². The zero-order chi connectivity index (χ0) is 22.4. The van der Waals surface area contributed by atoms with Crippen LogP contribution in [-0.4, -0.2) is 58.8 Å². The Labute approximate surface area is 176 Å². The Balaban J connectivity index is 2.21. The van der Waals surface area contributed by atoms with Crippen LogP contribution in [0.2, 0.25) is 0 Å². The fourth-order valence-corrected chi connectivity index (χ4v) is 5.09. The van der Waals surface area contributed by atoms with Crippen LogP contribution in [0.1, 0.15) is 55.7 Å². The van der Waals surface area contributed by atoms with Crippen molar-refractivity contribution >= 4 is 14.4 Å². The summed E-state index contributed by atoms with van der Waals surface area (Å²) in [6.45, 7) is 14.4. The summed E-state index contributed by atoms with van der Waals surface area (Å²) < 4.78 is 43.6. The number of nitrogens with one attached hydrogen (secondary N) is 1. The SMILES string of the molecule is [2H]C[C@H]1O[C@@H](N2C=CC(=O)NC2=C)[C@@H](F)C1OP(OCCCC)N(C(C)C)C(C)C. The van der Waals surface area contributed by atoms with E-state index in [1.807, 2.05) is 0 Å². The van der Waals surface area contributed by atoms with E-state index in [9.17, 15) is 4.79 Å². The molecule has 2 unspecified atom stereocenters. The van der Waals surface area contributed by atoms with Crippen LogP contribution in [0.25, 0.3) is 0 Å². The normalized spacial score (nSPS) is 29.1. The lowest BCUT2D eigenvalue weighted by Gasteiger charge is -2.37. The van der Waals surface area contributed by atoms with Gasteiger partial charge in [-0.2, -0.15) is 0 Å². The van der Waals surface area contributed by atoms with Gasteiger partial charge in [0.2, 0.25) is 0 Å². The van der Waals surface area contributed by atoms with E-state index < -0.39 is 33.1 Å². The molecule has 1 N–H and O–H groups in total. The van der Waals surface area contributed by atoms with E-state index in [0.717, 1.165) is 12.8 Å². The quantitative estimate of drug-likeness (QED) is 0.415. The number of carbonyl (C=O) groups is 1. The number of hydrogen-bond donors (Lipinski definition) is 1. The molecule has 0 spiro atoms. The summed E-state index contributed by atoms with van der Waals surface area (Å²) in [6.07, 6.45) is 0.299. The molecule has 9 heteroatoms. The van der Waals surface area contributed by atoms with Crippen LogP contribution in [-0.2, 0) is 18.6 Å². The second-order valence-corrected chi connectivity index (χ2v) is 9.14. The van der Waals surface area contributed by atoms with Crippen molar-refractivity contribution in [2.24, 2.45) is 0 Å². The molecule has 1 fully saturated rings. The Morgan fingerprint density at radius 1 is 1.45 bits per heavy atom. The van der Waals surface area contributed by atoms with E-state index in [1.165, 1.54) is 17.2 Å². The van der Waals surface area contributed by atoms with Crippen LogP contribution >= 0.6 is 8.53 Å². The molecule has 7 nitrogen and oxygen atoms in total. The third-order valence-electron chi connectivity index (χ3n) is 4.66. The van der Waals surface area contributed by atoms with Crippen LogP contribution in [0, 0.1) is 0 Å². The Bertz CT molecular complexity index is 617. The van der Waals surface area contributed by atoms with Crippen molar-refractivity contribution in [2.45, 2.75) is 91.1 Å². The number of unbranched alkanes of at least 4 members (excludes halogenated alkanes) is 1. The van der Waals surface area contributed by atoms with Crippen molar-refractivity contribution in [2.75, 3.05) is 6.61 Å². The zero-order valence-electron chi connectivity index (χ0n) is 19.0. The van der Waals surface area contributed by atoms with Gasteiger partial charge in [-0.05, 0) is 41.0 Å². The maximum atomic E-state index is 15.5. The lowest BCUT2D eigenvalue weighted by atomic mass is 10.1. The maximum Gasteiger partial charge on any atom is 0.259 e. The van der Waals surface area contributed by atoms with E-state index >= 15 is 4.39 Å². The van der Waals surface area contributed by atoms with Crippen molar-refractivity contribution in [3.63, 3.8) is 0 Å². The second kappa shape index (κ2) is 10.8. The smallest absolute Gasteiger partial charge is 0.259 e. The van der Waals surface area contributed by atoms with Crippen molar-refractivity contribution in [1.82, 2.24) is 14.9 Å². The van der Waals surface area contributed by atoms with Crippen molar-refractivity contribution in [3.05, 3.63) is 24.7 Å². The highest BCUT2D eigenvalue weighted by molar-refractivity contribution is 7.44. The Morgan fingerprint density at radius 3 is 2.69 bits per heavy atom. The number of halogens is 1. The predicted octanol–water partition coefficient (Wildman–Crippen LogP) is 4.03. The van der Waals surface area contributed by atoms with Gasteiger partial charge in [-0.15, -0.1) is 0 Å². The number of hydrogen-bond acceptors (Lipinski definition) is 6. The molecule has 166 valence electrons. The van der Waals surface area contributed by atoms with Crippen LogP contribution in [0.15, 0.2) is 24.7 Å². The number of carbonyl (C=O) groups excluding carboxylic acids is 1. The summed E-state index contributed by atoms with van der Waals surface area (Å²) in [6, 6.07) is 0.284. The highest BCUT2D eigenvalue weighted by Gasteiger charge is 2.49. The second-order valence-electron chi connectivity index (χ2n) is 7.73. The summed E-state index contributed by atoms with van der Waals surface area (Å²) in [7, 11) is -1.54. The highest BCUT2D eigenvalue weighted by Crippen LogP contribution is 2.49. The molecular weight excluding hydrogens is 396 g/mol. The van der Waals surface area contributed by atoms with Gasteiger partial charge in [0.15, 0.2) is 12.4 Å². The van der Waals surface area contributed by atoms with E-state index in [-0.39, 0.29) is 30.7 Å². The van der Waals surface area contributed by atoms with Gasteiger partial charge in [-0.3, -0.25) is 4.79 Å². The fourth-order valence-electron chi connectivity index (χ4n) is 3.28.